The van der Waals surface area contributed by atoms with E-state index in [4.69, 9.17) is 16.3 Å². The fourth-order valence-corrected chi connectivity index (χ4v) is 2.59. The van der Waals surface area contributed by atoms with E-state index in [0.717, 1.165) is 19.4 Å². The highest BCUT2D eigenvalue weighted by Crippen LogP contribution is 2.20. The Hall–Kier alpha value is -1.13. The Morgan fingerprint density at radius 2 is 2.35 bits per heavy atom. The van der Waals surface area contributed by atoms with Crippen molar-refractivity contribution in [2.75, 3.05) is 26.3 Å². The van der Waals surface area contributed by atoms with Gasteiger partial charge in [-0.15, -0.1) is 0 Å². The van der Waals surface area contributed by atoms with Crippen LogP contribution in [0.5, 0.6) is 0 Å². The van der Waals surface area contributed by atoms with Crippen molar-refractivity contribution in [1.82, 2.24) is 4.90 Å². The van der Waals surface area contributed by atoms with Crippen molar-refractivity contribution in [3.63, 3.8) is 0 Å². The molecule has 110 valence electrons. The Labute approximate surface area is 123 Å². The average molecular weight is 300 g/mol. The first-order chi connectivity index (χ1) is 9.61. The fraction of sp³-hybridized carbons (Fsp3) is 0.533. The summed E-state index contributed by atoms with van der Waals surface area (Å²) < 4.78 is 19.1. The zero-order valence-corrected chi connectivity index (χ0v) is 12.3. The normalized spacial score (nSPS) is 18.2. The first-order valence-electron chi connectivity index (χ1n) is 6.94. The molecule has 1 fully saturated rings. The molecule has 20 heavy (non-hydrogen) atoms. The Bertz CT molecular complexity index is 475. The van der Waals surface area contributed by atoms with E-state index < -0.39 is 5.82 Å². The van der Waals surface area contributed by atoms with Gasteiger partial charge in [0.2, 0.25) is 0 Å². The average Bonchev–Trinajstić information content (AvgIpc) is 2.93. The van der Waals surface area contributed by atoms with Crippen LogP contribution >= 0.6 is 11.6 Å². The van der Waals surface area contributed by atoms with Crippen LogP contribution < -0.4 is 0 Å². The van der Waals surface area contributed by atoms with Crippen LogP contribution in [0.1, 0.15) is 30.1 Å². The molecule has 1 saturated heterocycles. The van der Waals surface area contributed by atoms with Crippen LogP contribution in [-0.4, -0.2) is 37.1 Å². The summed E-state index contributed by atoms with van der Waals surface area (Å²) >= 11 is 5.86. The number of amides is 1. The highest BCUT2D eigenvalue weighted by molar-refractivity contribution is 6.31. The SMILES string of the molecule is CCCN(CC1CCOC1)C(=O)c1cc(Cl)ccc1F. The Kier molecular flexibility index (Phi) is 5.38. The Morgan fingerprint density at radius 1 is 1.55 bits per heavy atom. The van der Waals surface area contributed by atoms with Crippen molar-refractivity contribution in [1.29, 1.82) is 0 Å². The van der Waals surface area contributed by atoms with E-state index in [0.29, 0.717) is 30.6 Å². The second kappa shape index (κ2) is 7.04. The standard InChI is InChI=1S/C15H19ClFNO2/c1-2-6-18(9-11-5-7-20-10-11)15(19)13-8-12(16)3-4-14(13)17/h3-4,8,11H,2,5-7,9-10H2,1H3. The molecule has 5 heteroatoms. The quantitative estimate of drug-likeness (QED) is 0.834. The molecule has 1 aromatic rings. The fourth-order valence-electron chi connectivity index (χ4n) is 2.42. The summed E-state index contributed by atoms with van der Waals surface area (Å²) in [7, 11) is 0. The minimum atomic E-state index is -0.525. The molecule has 0 spiro atoms. The van der Waals surface area contributed by atoms with Gasteiger partial charge >= 0.3 is 0 Å². The molecule has 0 aliphatic carbocycles. The second-order valence-corrected chi connectivity index (χ2v) is 5.54. The zero-order chi connectivity index (χ0) is 14.5. The first-order valence-corrected chi connectivity index (χ1v) is 7.31. The predicted octanol–water partition coefficient (Wildman–Crippen LogP) is 3.37. The van der Waals surface area contributed by atoms with Crippen LogP contribution in [-0.2, 0) is 4.74 Å². The maximum Gasteiger partial charge on any atom is 0.256 e. The predicted molar refractivity (Wildman–Crippen MR) is 76.5 cm³/mol. The topological polar surface area (TPSA) is 29.5 Å². The van der Waals surface area contributed by atoms with Gasteiger partial charge in [0.1, 0.15) is 5.82 Å². The number of carbonyl (C=O) groups excluding carboxylic acids is 1. The third-order valence-corrected chi connectivity index (χ3v) is 3.68. The lowest BCUT2D eigenvalue weighted by Crippen LogP contribution is -2.36. The molecule has 2 rings (SSSR count). The van der Waals surface area contributed by atoms with Gasteiger partial charge in [-0.1, -0.05) is 18.5 Å². The van der Waals surface area contributed by atoms with Crippen molar-refractivity contribution in [2.45, 2.75) is 19.8 Å². The number of ether oxygens (including phenoxy) is 1. The minimum absolute atomic E-state index is 0.0462. The van der Waals surface area contributed by atoms with Gasteiger partial charge in [0.15, 0.2) is 0 Å². The number of hydrogen-bond acceptors (Lipinski definition) is 2. The van der Waals surface area contributed by atoms with Crippen molar-refractivity contribution >= 4 is 17.5 Å². The molecule has 1 aliphatic heterocycles. The second-order valence-electron chi connectivity index (χ2n) is 5.10. The number of benzene rings is 1. The van der Waals surface area contributed by atoms with E-state index in [1.54, 1.807) is 4.90 Å². The molecule has 1 amide bonds. The summed E-state index contributed by atoms with van der Waals surface area (Å²) in [6.07, 6.45) is 1.78. The van der Waals surface area contributed by atoms with Gasteiger partial charge in [-0.2, -0.15) is 0 Å². The van der Waals surface area contributed by atoms with Gasteiger partial charge in [0.25, 0.3) is 5.91 Å². The van der Waals surface area contributed by atoms with Crippen molar-refractivity contribution in [3.8, 4) is 0 Å². The van der Waals surface area contributed by atoms with Gasteiger partial charge < -0.3 is 9.64 Å². The minimum Gasteiger partial charge on any atom is -0.381 e. The summed E-state index contributed by atoms with van der Waals surface area (Å²) in [6, 6.07) is 4.08. The van der Waals surface area contributed by atoms with Crippen LogP contribution in [0.25, 0.3) is 0 Å². The molecule has 0 aromatic heterocycles. The van der Waals surface area contributed by atoms with Gasteiger partial charge in [-0.25, -0.2) is 4.39 Å². The van der Waals surface area contributed by atoms with E-state index >= 15 is 0 Å². The van der Waals surface area contributed by atoms with Gasteiger partial charge in [-0.05, 0) is 31.0 Å². The molecule has 3 nitrogen and oxygen atoms in total. The molecule has 1 heterocycles. The summed E-state index contributed by atoms with van der Waals surface area (Å²) in [5.41, 5.74) is 0.0462. The smallest absolute Gasteiger partial charge is 0.256 e. The summed E-state index contributed by atoms with van der Waals surface area (Å²) in [5.74, 6) is -0.477. The van der Waals surface area contributed by atoms with E-state index in [2.05, 4.69) is 0 Å². The van der Waals surface area contributed by atoms with Gasteiger partial charge in [-0.3, -0.25) is 4.79 Å². The largest absolute Gasteiger partial charge is 0.381 e. The molecule has 0 saturated carbocycles. The monoisotopic (exact) mass is 299 g/mol. The summed E-state index contributed by atoms with van der Waals surface area (Å²) in [4.78, 5) is 14.2. The highest BCUT2D eigenvalue weighted by Gasteiger charge is 2.24. The molecule has 0 bridgehead atoms. The molecule has 1 aliphatic rings. The lowest BCUT2D eigenvalue weighted by Gasteiger charge is -2.25. The van der Waals surface area contributed by atoms with Crippen LogP contribution in [0.4, 0.5) is 4.39 Å². The lowest BCUT2D eigenvalue weighted by atomic mass is 10.1. The van der Waals surface area contributed by atoms with E-state index in [-0.39, 0.29) is 11.5 Å². The van der Waals surface area contributed by atoms with Crippen LogP contribution in [0.2, 0.25) is 5.02 Å². The Balaban J connectivity index is 2.14. The number of rotatable bonds is 5. The summed E-state index contributed by atoms with van der Waals surface area (Å²) in [5, 5.41) is 0.371. The molecule has 0 N–H and O–H groups in total. The lowest BCUT2D eigenvalue weighted by molar-refractivity contribution is 0.0716. The molecular formula is C15H19ClFNO2. The van der Waals surface area contributed by atoms with Crippen molar-refractivity contribution in [2.24, 2.45) is 5.92 Å². The van der Waals surface area contributed by atoms with E-state index in [9.17, 15) is 9.18 Å². The van der Waals surface area contributed by atoms with Crippen molar-refractivity contribution in [3.05, 3.63) is 34.6 Å². The van der Waals surface area contributed by atoms with Crippen LogP contribution in [0.3, 0.4) is 0 Å². The van der Waals surface area contributed by atoms with E-state index in [1.807, 2.05) is 6.92 Å². The molecule has 1 aromatic carbocycles. The van der Waals surface area contributed by atoms with Gasteiger partial charge in [0.05, 0.1) is 12.2 Å². The number of carbonyl (C=O) groups is 1. The molecule has 1 atom stereocenters. The van der Waals surface area contributed by atoms with Crippen molar-refractivity contribution < 1.29 is 13.9 Å². The third kappa shape index (κ3) is 3.70. The molecular weight excluding hydrogens is 281 g/mol. The zero-order valence-electron chi connectivity index (χ0n) is 11.6. The van der Waals surface area contributed by atoms with E-state index in [1.165, 1.54) is 18.2 Å². The molecule has 0 radical (unpaired) electrons. The highest BCUT2D eigenvalue weighted by atomic mass is 35.5. The number of halogens is 2. The third-order valence-electron chi connectivity index (χ3n) is 3.44. The van der Waals surface area contributed by atoms with Crippen LogP contribution in [0.15, 0.2) is 18.2 Å². The number of nitrogens with zero attached hydrogens (tertiary/aromatic N) is 1. The Morgan fingerprint density at radius 3 is 3.00 bits per heavy atom. The maximum atomic E-state index is 13.8. The van der Waals surface area contributed by atoms with Crippen LogP contribution in [0, 0.1) is 11.7 Å². The maximum absolute atomic E-state index is 13.8. The summed E-state index contributed by atoms with van der Waals surface area (Å²) in [6.45, 7) is 4.63. The number of hydrogen-bond donors (Lipinski definition) is 0. The molecule has 1 unspecified atom stereocenters. The first kappa shape index (κ1) is 15.3. The van der Waals surface area contributed by atoms with Gasteiger partial charge in [0, 0.05) is 30.6 Å².